The molecular formula is C11H13NaO3S. The van der Waals surface area contributed by atoms with Crippen LogP contribution in [-0.2, 0) is 10.1 Å². The van der Waals surface area contributed by atoms with Gasteiger partial charge >= 0.3 is 29.6 Å². The van der Waals surface area contributed by atoms with Gasteiger partial charge in [0.05, 0.1) is 6.26 Å². The van der Waals surface area contributed by atoms with Crippen LogP contribution in [0.3, 0.4) is 0 Å². The molecule has 0 spiro atoms. The van der Waals surface area contributed by atoms with Crippen molar-refractivity contribution in [2.45, 2.75) is 0 Å². The average molecular weight is 248 g/mol. The van der Waals surface area contributed by atoms with Gasteiger partial charge in [-0.25, -0.2) is 0 Å². The Labute approximate surface area is 118 Å². The van der Waals surface area contributed by atoms with E-state index in [1.54, 1.807) is 0 Å². The van der Waals surface area contributed by atoms with Gasteiger partial charge in [0, 0.05) is 0 Å². The molecule has 0 fully saturated rings. The van der Waals surface area contributed by atoms with Crippen molar-refractivity contribution in [3.63, 3.8) is 0 Å². The molecule has 0 aliphatic rings. The minimum absolute atomic E-state index is 0. The third-order valence-electron chi connectivity index (χ3n) is 1.66. The molecule has 0 heterocycles. The molecule has 2 rings (SSSR count). The second-order valence-electron chi connectivity index (χ2n) is 3.08. The standard InChI is InChI=1S/C10H8.CH4O3S.Na.H/c1-2-6-10-8-4-3-7-9(10)5-1;1-5(2,3)4;;/h1-8H;1H3,(H,2,3,4);;. The van der Waals surface area contributed by atoms with Crippen molar-refractivity contribution in [1.82, 2.24) is 0 Å². The zero-order chi connectivity index (χ0) is 11.3. The SMILES string of the molecule is CS(=O)(=O)O.[NaH].c1ccc2ccccc2c1. The molecule has 3 nitrogen and oxygen atoms in total. The van der Waals surface area contributed by atoms with E-state index in [0.29, 0.717) is 6.26 Å². The van der Waals surface area contributed by atoms with Crippen molar-refractivity contribution >= 4 is 50.4 Å². The fourth-order valence-corrected chi connectivity index (χ4v) is 1.13. The topological polar surface area (TPSA) is 54.4 Å². The van der Waals surface area contributed by atoms with E-state index in [4.69, 9.17) is 4.55 Å². The number of fused-ring (bicyclic) bond motifs is 1. The molecule has 0 aliphatic carbocycles. The summed E-state index contributed by atoms with van der Waals surface area (Å²) in [5.41, 5.74) is 0. The van der Waals surface area contributed by atoms with E-state index in [1.807, 2.05) is 0 Å². The summed E-state index contributed by atoms with van der Waals surface area (Å²) in [5.74, 6) is 0. The van der Waals surface area contributed by atoms with Gasteiger partial charge in [0.25, 0.3) is 10.1 Å². The van der Waals surface area contributed by atoms with Crippen LogP contribution in [0.1, 0.15) is 0 Å². The number of benzene rings is 2. The zero-order valence-electron chi connectivity index (χ0n) is 8.29. The van der Waals surface area contributed by atoms with Crippen LogP contribution in [-0.4, -0.2) is 48.8 Å². The molecule has 5 heteroatoms. The van der Waals surface area contributed by atoms with Gasteiger partial charge in [-0.15, -0.1) is 0 Å². The van der Waals surface area contributed by atoms with E-state index in [0.717, 1.165) is 0 Å². The maximum absolute atomic E-state index is 9.19. The van der Waals surface area contributed by atoms with Crippen molar-refractivity contribution < 1.29 is 13.0 Å². The van der Waals surface area contributed by atoms with Gasteiger partial charge in [-0.05, 0) is 10.8 Å². The Bertz CT molecular complexity index is 464. The Morgan fingerprint density at radius 1 is 0.875 bits per heavy atom. The number of hydrogen-bond acceptors (Lipinski definition) is 2. The first kappa shape index (κ1) is 15.6. The summed E-state index contributed by atoms with van der Waals surface area (Å²) < 4.78 is 25.9. The van der Waals surface area contributed by atoms with E-state index >= 15 is 0 Å². The molecule has 0 saturated carbocycles. The monoisotopic (exact) mass is 248 g/mol. The van der Waals surface area contributed by atoms with Crippen LogP contribution in [0.15, 0.2) is 48.5 Å². The van der Waals surface area contributed by atoms with E-state index < -0.39 is 10.1 Å². The van der Waals surface area contributed by atoms with Crippen LogP contribution in [0, 0.1) is 0 Å². The van der Waals surface area contributed by atoms with Gasteiger partial charge in [0.2, 0.25) is 0 Å². The first-order valence-electron chi connectivity index (χ1n) is 4.33. The average Bonchev–Trinajstić information content (AvgIpc) is 2.16. The molecule has 0 atom stereocenters. The van der Waals surface area contributed by atoms with Gasteiger partial charge in [-0.2, -0.15) is 8.42 Å². The summed E-state index contributed by atoms with van der Waals surface area (Å²) in [6.45, 7) is 0. The Hall–Kier alpha value is -0.390. The zero-order valence-corrected chi connectivity index (χ0v) is 9.11. The molecule has 1 N–H and O–H groups in total. The van der Waals surface area contributed by atoms with Crippen LogP contribution >= 0.6 is 0 Å². The summed E-state index contributed by atoms with van der Waals surface area (Å²) in [6.07, 6.45) is 0.715. The van der Waals surface area contributed by atoms with Crippen molar-refractivity contribution in [1.29, 1.82) is 0 Å². The summed E-state index contributed by atoms with van der Waals surface area (Å²) >= 11 is 0. The van der Waals surface area contributed by atoms with E-state index in [2.05, 4.69) is 48.5 Å². The third kappa shape index (κ3) is 6.98. The van der Waals surface area contributed by atoms with E-state index in [1.165, 1.54) is 10.8 Å². The molecular weight excluding hydrogens is 235 g/mol. The first-order valence-corrected chi connectivity index (χ1v) is 6.18. The Morgan fingerprint density at radius 2 is 1.06 bits per heavy atom. The summed E-state index contributed by atoms with van der Waals surface area (Å²) in [7, 11) is -3.67. The molecule has 2 aromatic rings. The van der Waals surface area contributed by atoms with Crippen LogP contribution in [0.4, 0.5) is 0 Å². The van der Waals surface area contributed by atoms with Gasteiger partial charge in [-0.1, -0.05) is 48.5 Å². The molecule has 0 aliphatic heterocycles. The van der Waals surface area contributed by atoms with Crippen molar-refractivity contribution in [3.05, 3.63) is 48.5 Å². The Kier molecular flexibility index (Phi) is 6.87. The Balaban J connectivity index is 0.000000330. The predicted octanol–water partition coefficient (Wildman–Crippen LogP) is 1.70. The van der Waals surface area contributed by atoms with Gasteiger partial charge in [0.15, 0.2) is 0 Å². The second-order valence-corrected chi connectivity index (χ2v) is 4.55. The van der Waals surface area contributed by atoms with Crippen molar-refractivity contribution in [2.24, 2.45) is 0 Å². The molecule has 0 radical (unpaired) electrons. The summed E-state index contributed by atoms with van der Waals surface area (Å²) in [5, 5.41) is 2.62. The molecule has 0 amide bonds. The molecule has 0 unspecified atom stereocenters. The number of hydrogen-bond donors (Lipinski definition) is 1. The van der Waals surface area contributed by atoms with Crippen LogP contribution < -0.4 is 0 Å². The minimum atomic E-state index is -3.67. The molecule has 0 bridgehead atoms. The second kappa shape index (κ2) is 7.04. The van der Waals surface area contributed by atoms with Gasteiger partial charge < -0.3 is 0 Å². The molecule has 2 aromatic carbocycles. The molecule has 0 saturated heterocycles. The fraction of sp³-hybridized carbons (Fsp3) is 0.0909. The van der Waals surface area contributed by atoms with E-state index in [9.17, 15) is 8.42 Å². The largest absolute Gasteiger partial charge is 0.0616 e. The van der Waals surface area contributed by atoms with Gasteiger partial charge in [-0.3, -0.25) is 4.55 Å². The molecule has 0 aromatic heterocycles. The van der Waals surface area contributed by atoms with Crippen molar-refractivity contribution in [3.8, 4) is 0 Å². The Morgan fingerprint density at radius 3 is 1.25 bits per heavy atom. The summed E-state index contributed by atoms with van der Waals surface area (Å²) in [6, 6.07) is 16.7. The normalized spacial score (nSPS) is 9.88. The molecule has 16 heavy (non-hydrogen) atoms. The van der Waals surface area contributed by atoms with Crippen LogP contribution in [0.5, 0.6) is 0 Å². The van der Waals surface area contributed by atoms with Crippen LogP contribution in [0.25, 0.3) is 10.8 Å². The van der Waals surface area contributed by atoms with Crippen molar-refractivity contribution in [2.75, 3.05) is 6.26 Å². The van der Waals surface area contributed by atoms with E-state index in [-0.39, 0.29) is 29.6 Å². The maximum Gasteiger partial charge on any atom is -0.0184 e. The summed E-state index contributed by atoms with van der Waals surface area (Å²) in [4.78, 5) is 0. The minimum Gasteiger partial charge on any atom is -0.0616 e. The number of rotatable bonds is 0. The smallest absolute Gasteiger partial charge is 0.0184 e. The maximum atomic E-state index is 9.19. The van der Waals surface area contributed by atoms with Gasteiger partial charge in [0.1, 0.15) is 0 Å². The first-order chi connectivity index (χ1) is 6.97. The predicted molar refractivity (Wildman–Crippen MR) is 68.6 cm³/mol. The molecule has 82 valence electrons. The third-order valence-corrected chi connectivity index (χ3v) is 1.66. The van der Waals surface area contributed by atoms with Crippen LogP contribution in [0.2, 0.25) is 0 Å². The quantitative estimate of drug-likeness (QED) is 0.570. The fourth-order valence-electron chi connectivity index (χ4n) is 1.13.